The number of amides is 1. The van der Waals surface area contributed by atoms with Gasteiger partial charge in [0.25, 0.3) is 0 Å². The Morgan fingerprint density at radius 2 is 1.59 bits per heavy atom. The Kier molecular flexibility index (Phi) is 6.07. The summed E-state index contributed by atoms with van der Waals surface area (Å²) in [6, 6.07) is 16.7. The molecule has 2 aliphatic rings. The molecule has 4 rings (SSSR count). The molecule has 2 aromatic carbocycles. The number of nitrogens with zero attached hydrogens (tertiary/aromatic N) is 1. The third-order valence-electron chi connectivity index (χ3n) is 4.66. The standard InChI is InChI=1S/C18H18N2O2.C2HF3O2/c21-18(20-11-5-10-19-20)22-12-17-15-8-3-1-6-13(15)14-7-2-4-9-16(14)17;3-2(4,5)1(6)7/h1-4,6-9,17,19H,5,10-12H2;(H,6,7). The fourth-order valence-electron chi connectivity index (χ4n) is 3.36. The zero-order valence-electron chi connectivity index (χ0n) is 15.3. The predicted octanol–water partition coefficient (Wildman–Crippen LogP) is 3.78. The zero-order chi connectivity index (χ0) is 21.0. The Bertz CT molecular complexity index is 850. The molecule has 1 heterocycles. The monoisotopic (exact) mass is 408 g/mol. The SMILES string of the molecule is O=C(O)C(F)(F)F.O=C(OCC1c2ccccc2-c2ccccc21)N1CCCN1. The minimum absolute atomic E-state index is 0.124. The highest BCUT2D eigenvalue weighted by molar-refractivity contribution is 5.79. The summed E-state index contributed by atoms with van der Waals surface area (Å²) in [7, 11) is 0. The first-order valence-electron chi connectivity index (χ1n) is 8.95. The molecule has 0 aromatic heterocycles. The molecule has 0 bridgehead atoms. The number of alkyl halides is 3. The number of aliphatic carboxylic acids is 1. The Hall–Kier alpha value is -3.07. The first kappa shape index (κ1) is 20.7. The second-order valence-corrected chi connectivity index (χ2v) is 6.52. The van der Waals surface area contributed by atoms with Gasteiger partial charge >= 0.3 is 18.2 Å². The van der Waals surface area contributed by atoms with Gasteiger partial charge in [0.05, 0.1) is 0 Å². The van der Waals surface area contributed by atoms with E-state index in [4.69, 9.17) is 14.6 Å². The highest BCUT2D eigenvalue weighted by Crippen LogP contribution is 2.44. The van der Waals surface area contributed by atoms with Crippen LogP contribution in [0.4, 0.5) is 18.0 Å². The molecule has 0 unspecified atom stereocenters. The van der Waals surface area contributed by atoms with Gasteiger partial charge in [0.1, 0.15) is 6.61 Å². The number of rotatable bonds is 2. The Morgan fingerprint density at radius 3 is 2.03 bits per heavy atom. The van der Waals surface area contributed by atoms with Crippen molar-refractivity contribution >= 4 is 12.1 Å². The Labute approximate surface area is 164 Å². The van der Waals surface area contributed by atoms with Crippen LogP contribution in [0.3, 0.4) is 0 Å². The second kappa shape index (κ2) is 8.52. The van der Waals surface area contributed by atoms with E-state index in [0.717, 1.165) is 19.5 Å². The van der Waals surface area contributed by atoms with Crippen LogP contribution in [0, 0.1) is 0 Å². The van der Waals surface area contributed by atoms with Crippen molar-refractivity contribution < 1.29 is 32.6 Å². The summed E-state index contributed by atoms with van der Waals surface area (Å²) in [6.45, 7) is 1.94. The smallest absolute Gasteiger partial charge is 0.475 e. The summed E-state index contributed by atoms with van der Waals surface area (Å²) >= 11 is 0. The first-order chi connectivity index (χ1) is 13.8. The molecule has 6 nitrogen and oxygen atoms in total. The lowest BCUT2D eigenvalue weighted by atomic mass is 9.98. The number of halogens is 3. The van der Waals surface area contributed by atoms with Crippen LogP contribution in [0.15, 0.2) is 48.5 Å². The molecule has 1 saturated heterocycles. The molecule has 0 spiro atoms. The van der Waals surface area contributed by atoms with E-state index in [1.165, 1.54) is 22.3 Å². The third kappa shape index (κ3) is 4.68. The number of hydrogen-bond donors (Lipinski definition) is 2. The van der Waals surface area contributed by atoms with Crippen LogP contribution in [0.2, 0.25) is 0 Å². The second-order valence-electron chi connectivity index (χ2n) is 6.52. The summed E-state index contributed by atoms with van der Waals surface area (Å²) in [5, 5.41) is 8.69. The van der Waals surface area contributed by atoms with Gasteiger partial charge in [-0.1, -0.05) is 48.5 Å². The number of ether oxygens (including phenoxy) is 1. The lowest BCUT2D eigenvalue weighted by molar-refractivity contribution is -0.192. The van der Waals surface area contributed by atoms with E-state index in [-0.39, 0.29) is 12.0 Å². The molecule has 0 atom stereocenters. The summed E-state index contributed by atoms with van der Waals surface area (Å²) in [4.78, 5) is 21.0. The number of fused-ring (bicyclic) bond motifs is 3. The summed E-state index contributed by atoms with van der Waals surface area (Å²) in [5.74, 6) is -2.63. The van der Waals surface area contributed by atoms with Crippen molar-refractivity contribution in [1.82, 2.24) is 10.4 Å². The van der Waals surface area contributed by atoms with E-state index in [0.29, 0.717) is 6.61 Å². The van der Waals surface area contributed by atoms with E-state index in [2.05, 4.69) is 41.8 Å². The largest absolute Gasteiger partial charge is 0.490 e. The number of carboxylic acid groups (broad SMARTS) is 1. The Balaban J connectivity index is 0.000000298. The number of carbonyl (C=O) groups excluding carboxylic acids is 1. The fourth-order valence-corrected chi connectivity index (χ4v) is 3.36. The third-order valence-corrected chi connectivity index (χ3v) is 4.66. The van der Waals surface area contributed by atoms with Crippen LogP contribution < -0.4 is 5.43 Å². The van der Waals surface area contributed by atoms with Gasteiger partial charge < -0.3 is 9.84 Å². The van der Waals surface area contributed by atoms with Crippen LogP contribution >= 0.6 is 0 Å². The highest BCUT2D eigenvalue weighted by atomic mass is 19.4. The summed E-state index contributed by atoms with van der Waals surface area (Å²) in [5.41, 5.74) is 8.01. The van der Waals surface area contributed by atoms with Crippen LogP contribution in [-0.4, -0.2) is 48.1 Å². The van der Waals surface area contributed by atoms with Gasteiger partial charge in [-0.25, -0.2) is 20.0 Å². The number of carboxylic acids is 1. The van der Waals surface area contributed by atoms with Crippen LogP contribution in [-0.2, 0) is 9.53 Å². The van der Waals surface area contributed by atoms with E-state index in [9.17, 15) is 18.0 Å². The molecule has 29 heavy (non-hydrogen) atoms. The van der Waals surface area contributed by atoms with Crippen LogP contribution in [0.1, 0.15) is 23.5 Å². The molecule has 9 heteroatoms. The van der Waals surface area contributed by atoms with Crippen molar-refractivity contribution in [3.63, 3.8) is 0 Å². The van der Waals surface area contributed by atoms with Crippen LogP contribution in [0.5, 0.6) is 0 Å². The molecule has 0 saturated carbocycles. The molecular weight excluding hydrogens is 389 g/mol. The quantitative estimate of drug-likeness (QED) is 0.791. The zero-order valence-corrected chi connectivity index (χ0v) is 15.3. The van der Waals surface area contributed by atoms with Crippen LogP contribution in [0.25, 0.3) is 11.1 Å². The topological polar surface area (TPSA) is 78.9 Å². The minimum Gasteiger partial charge on any atom is -0.475 e. The van der Waals surface area contributed by atoms with Gasteiger partial charge in [-0.2, -0.15) is 13.2 Å². The molecule has 2 aromatic rings. The molecule has 1 fully saturated rings. The highest BCUT2D eigenvalue weighted by Gasteiger charge is 2.38. The number of hydrazine groups is 1. The number of carbonyl (C=O) groups is 2. The van der Waals surface area contributed by atoms with Crippen molar-refractivity contribution in [3.8, 4) is 11.1 Å². The fraction of sp³-hybridized carbons (Fsp3) is 0.300. The minimum atomic E-state index is -5.08. The normalized spacial score (nSPS) is 15.2. The molecule has 1 aliphatic heterocycles. The molecule has 1 amide bonds. The van der Waals surface area contributed by atoms with Gasteiger partial charge in [-0.3, -0.25) is 0 Å². The molecule has 2 N–H and O–H groups in total. The average molecular weight is 408 g/mol. The molecule has 1 aliphatic carbocycles. The van der Waals surface area contributed by atoms with Crippen molar-refractivity contribution in [2.45, 2.75) is 18.5 Å². The average Bonchev–Trinajstić information content (AvgIpc) is 3.33. The van der Waals surface area contributed by atoms with E-state index < -0.39 is 12.1 Å². The van der Waals surface area contributed by atoms with Gasteiger partial charge in [-0.15, -0.1) is 0 Å². The Morgan fingerprint density at radius 1 is 1.07 bits per heavy atom. The lowest BCUT2D eigenvalue weighted by Gasteiger charge is -2.18. The molecule has 154 valence electrons. The van der Waals surface area contributed by atoms with Crippen molar-refractivity contribution in [2.75, 3.05) is 19.7 Å². The molecule has 0 radical (unpaired) electrons. The van der Waals surface area contributed by atoms with E-state index in [1.54, 1.807) is 5.01 Å². The first-order valence-corrected chi connectivity index (χ1v) is 8.95. The maximum absolute atomic E-state index is 12.1. The van der Waals surface area contributed by atoms with Crippen molar-refractivity contribution in [2.24, 2.45) is 0 Å². The van der Waals surface area contributed by atoms with Crippen molar-refractivity contribution in [1.29, 1.82) is 0 Å². The van der Waals surface area contributed by atoms with Gasteiger partial charge in [0.2, 0.25) is 0 Å². The number of nitrogens with one attached hydrogen (secondary N) is 1. The summed E-state index contributed by atoms with van der Waals surface area (Å²) < 4.78 is 37.3. The van der Waals surface area contributed by atoms with Crippen molar-refractivity contribution in [3.05, 3.63) is 59.7 Å². The lowest BCUT2D eigenvalue weighted by Crippen LogP contribution is -2.37. The van der Waals surface area contributed by atoms with E-state index >= 15 is 0 Å². The van der Waals surface area contributed by atoms with E-state index in [1.807, 2.05) is 12.1 Å². The molecular formula is C20H19F3N2O4. The maximum Gasteiger partial charge on any atom is 0.490 e. The maximum atomic E-state index is 12.1. The van der Waals surface area contributed by atoms with Gasteiger partial charge in [0.15, 0.2) is 0 Å². The van der Waals surface area contributed by atoms with Gasteiger partial charge in [-0.05, 0) is 28.7 Å². The number of hydrogen-bond acceptors (Lipinski definition) is 4. The summed E-state index contributed by atoms with van der Waals surface area (Å²) in [6.07, 6.45) is -4.39. The van der Waals surface area contributed by atoms with Gasteiger partial charge in [0, 0.05) is 19.0 Å². The number of benzene rings is 2. The predicted molar refractivity (Wildman–Crippen MR) is 98.1 cm³/mol.